The largest absolute Gasteiger partial charge is 0.468 e. The van der Waals surface area contributed by atoms with Gasteiger partial charge in [-0.25, -0.2) is 9.97 Å². The molecule has 1 aromatic rings. The van der Waals surface area contributed by atoms with Crippen LogP contribution in [0, 0.1) is 0 Å². The number of hydrogen-bond acceptors (Lipinski definition) is 6. The molecule has 0 aromatic carbocycles. The number of methoxy groups -OCH3 is 1. The maximum absolute atomic E-state index is 11.3. The molecule has 1 saturated heterocycles. The van der Waals surface area contributed by atoms with Crippen LogP contribution in [-0.4, -0.2) is 49.9 Å². The minimum Gasteiger partial charge on any atom is -0.468 e. The van der Waals surface area contributed by atoms with Crippen LogP contribution in [0.25, 0.3) is 0 Å². The van der Waals surface area contributed by atoms with Crippen LogP contribution < -0.4 is 4.90 Å². The molecular formula is C13H19N3O3. The number of aromatic nitrogens is 2. The zero-order valence-corrected chi connectivity index (χ0v) is 11.3. The minimum atomic E-state index is -0.284. The molecule has 19 heavy (non-hydrogen) atoms. The van der Waals surface area contributed by atoms with Crippen molar-refractivity contribution in [3.8, 4) is 0 Å². The highest BCUT2D eigenvalue weighted by molar-refractivity contribution is 5.74. The molecule has 1 aromatic heterocycles. The van der Waals surface area contributed by atoms with Gasteiger partial charge in [-0.15, -0.1) is 0 Å². The van der Waals surface area contributed by atoms with Gasteiger partial charge < -0.3 is 14.4 Å². The molecule has 0 unspecified atom stereocenters. The third-order valence-corrected chi connectivity index (χ3v) is 3.30. The Morgan fingerprint density at radius 2 is 2.21 bits per heavy atom. The highest BCUT2D eigenvalue weighted by Crippen LogP contribution is 2.26. The lowest BCUT2D eigenvalue weighted by molar-refractivity contribution is -0.138. The van der Waals surface area contributed by atoms with Gasteiger partial charge in [0.25, 0.3) is 0 Å². The minimum absolute atomic E-state index is 0.181. The molecule has 1 aliphatic rings. The summed E-state index contributed by atoms with van der Waals surface area (Å²) >= 11 is 0. The third-order valence-electron chi connectivity index (χ3n) is 3.30. The summed E-state index contributed by atoms with van der Waals surface area (Å²) in [6.07, 6.45) is 3.52. The Morgan fingerprint density at radius 3 is 2.89 bits per heavy atom. The number of anilines is 1. The Balaban J connectivity index is 2.07. The summed E-state index contributed by atoms with van der Waals surface area (Å²) in [4.78, 5) is 21.6. The van der Waals surface area contributed by atoms with E-state index < -0.39 is 0 Å². The third kappa shape index (κ3) is 3.64. The van der Waals surface area contributed by atoms with Crippen molar-refractivity contribution in [2.24, 2.45) is 0 Å². The second-order valence-corrected chi connectivity index (χ2v) is 4.62. The molecular weight excluding hydrogens is 246 g/mol. The number of rotatable bonds is 4. The smallest absolute Gasteiger partial charge is 0.325 e. The summed E-state index contributed by atoms with van der Waals surface area (Å²) in [5, 5.41) is 0. The van der Waals surface area contributed by atoms with Gasteiger partial charge in [0, 0.05) is 37.9 Å². The fraction of sp³-hybridized carbons (Fsp3) is 0.615. The highest BCUT2D eigenvalue weighted by Gasteiger charge is 2.18. The Kier molecular flexibility index (Phi) is 4.68. The quantitative estimate of drug-likeness (QED) is 0.756. The lowest BCUT2D eigenvalue weighted by Gasteiger charge is -2.23. The maximum atomic E-state index is 11.3. The van der Waals surface area contributed by atoms with Crippen LogP contribution in [0.15, 0.2) is 12.4 Å². The summed E-state index contributed by atoms with van der Waals surface area (Å²) in [7, 11) is 3.19. The van der Waals surface area contributed by atoms with Gasteiger partial charge in [0.2, 0.25) is 0 Å². The Labute approximate surface area is 112 Å². The Bertz CT molecular complexity index is 433. The number of carbonyl (C=O) groups is 1. The molecule has 0 bridgehead atoms. The summed E-state index contributed by atoms with van der Waals surface area (Å²) in [6.45, 7) is 1.74. The van der Waals surface area contributed by atoms with Crippen LogP contribution in [0.2, 0.25) is 0 Å². The summed E-state index contributed by atoms with van der Waals surface area (Å²) in [5.74, 6) is 0.873. The summed E-state index contributed by atoms with van der Waals surface area (Å²) in [6, 6.07) is 1.94. The zero-order chi connectivity index (χ0) is 13.7. The number of nitrogens with zero attached hydrogens (tertiary/aromatic N) is 3. The van der Waals surface area contributed by atoms with E-state index in [0.717, 1.165) is 37.6 Å². The lowest BCUT2D eigenvalue weighted by atomic mass is 9.96. The van der Waals surface area contributed by atoms with E-state index in [1.807, 2.05) is 13.1 Å². The number of hydrogen-bond donors (Lipinski definition) is 0. The predicted octanol–water partition coefficient (Wildman–Crippen LogP) is 0.980. The van der Waals surface area contributed by atoms with Gasteiger partial charge in [0.1, 0.15) is 18.7 Å². The second-order valence-electron chi connectivity index (χ2n) is 4.62. The molecule has 1 aliphatic heterocycles. The molecule has 104 valence electrons. The standard InChI is InChI=1S/C13H19N3O3/c1-16(8-13(17)18-2)12-7-11(14-9-15-12)10-3-5-19-6-4-10/h7,9-10H,3-6,8H2,1-2H3. The SMILES string of the molecule is COC(=O)CN(C)c1cc(C2CCOCC2)ncn1. The molecule has 0 atom stereocenters. The van der Waals surface area contributed by atoms with Gasteiger partial charge >= 0.3 is 5.97 Å². The molecule has 0 N–H and O–H groups in total. The van der Waals surface area contributed by atoms with E-state index in [9.17, 15) is 4.79 Å². The van der Waals surface area contributed by atoms with E-state index in [-0.39, 0.29) is 12.5 Å². The van der Waals surface area contributed by atoms with Gasteiger partial charge in [-0.05, 0) is 12.8 Å². The lowest BCUT2D eigenvalue weighted by Crippen LogP contribution is -2.27. The van der Waals surface area contributed by atoms with Crippen molar-refractivity contribution in [3.05, 3.63) is 18.1 Å². The fourth-order valence-corrected chi connectivity index (χ4v) is 2.13. The van der Waals surface area contributed by atoms with Crippen molar-refractivity contribution in [2.75, 3.05) is 38.8 Å². The number of likely N-dealkylation sites (N-methyl/N-ethyl adjacent to an activating group) is 1. The topological polar surface area (TPSA) is 64.5 Å². The van der Waals surface area contributed by atoms with Crippen molar-refractivity contribution >= 4 is 11.8 Å². The van der Waals surface area contributed by atoms with Crippen LogP contribution in [0.4, 0.5) is 5.82 Å². The predicted molar refractivity (Wildman–Crippen MR) is 70.1 cm³/mol. The molecule has 2 heterocycles. The molecule has 1 fully saturated rings. The second kappa shape index (κ2) is 6.47. The van der Waals surface area contributed by atoms with Gasteiger partial charge in [-0.1, -0.05) is 0 Å². The maximum Gasteiger partial charge on any atom is 0.325 e. The van der Waals surface area contributed by atoms with Crippen molar-refractivity contribution in [2.45, 2.75) is 18.8 Å². The van der Waals surface area contributed by atoms with Gasteiger partial charge in [0.15, 0.2) is 0 Å². The van der Waals surface area contributed by atoms with Crippen LogP contribution >= 0.6 is 0 Å². The number of ether oxygens (including phenoxy) is 2. The highest BCUT2D eigenvalue weighted by atomic mass is 16.5. The first-order valence-electron chi connectivity index (χ1n) is 6.38. The van der Waals surface area contributed by atoms with Crippen LogP contribution in [-0.2, 0) is 14.3 Å². The number of carbonyl (C=O) groups excluding carboxylic acids is 1. The van der Waals surface area contributed by atoms with E-state index in [1.54, 1.807) is 11.2 Å². The molecule has 0 saturated carbocycles. The molecule has 6 nitrogen and oxygen atoms in total. The fourth-order valence-electron chi connectivity index (χ4n) is 2.13. The van der Waals surface area contributed by atoms with Crippen molar-refractivity contribution in [1.29, 1.82) is 0 Å². The average molecular weight is 265 g/mol. The monoisotopic (exact) mass is 265 g/mol. The van der Waals surface area contributed by atoms with E-state index >= 15 is 0 Å². The molecule has 0 aliphatic carbocycles. The van der Waals surface area contributed by atoms with E-state index in [0.29, 0.717) is 5.92 Å². The van der Waals surface area contributed by atoms with Crippen LogP contribution in [0.3, 0.4) is 0 Å². The van der Waals surface area contributed by atoms with Crippen LogP contribution in [0.5, 0.6) is 0 Å². The van der Waals surface area contributed by atoms with Crippen LogP contribution in [0.1, 0.15) is 24.5 Å². The van der Waals surface area contributed by atoms with E-state index in [2.05, 4.69) is 14.7 Å². The van der Waals surface area contributed by atoms with Crippen molar-refractivity contribution in [1.82, 2.24) is 9.97 Å². The van der Waals surface area contributed by atoms with Gasteiger partial charge in [0.05, 0.1) is 7.11 Å². The zero-order valence-electron chi connectivity index (χ0n) is 11.3. The van der Waals surface area contributed by atoms with E-state index in [4.69, 9.17) is 4.74 Å². The molecule has 0 amide bonds. The van der Waals surface area contributed by atoms with Gasteiger partial charge in [-0.2, -0.15) is 0 Å². The average Bonchev–Trinajstić information content (AvgIpc) is 2.48. The molecule has 2 rings (SSSR count). The van der Waals surface area contributed by atoms with Gasteiger partial charge in [-0.3, -0.25) is 4.79 Å². The molecule has 0 radical (unpaired) electrons. The Morgan fingerprint density at radius 1 is 1.47 bits per heavy atom. The first kappa shape index (κ1) is 13.7. The van der Waals surface area contributed by atoms with Crippen molar-refractivity contribution < 1.29 is 14.3 Å². The molecule has 0 spiro atoms. The molecule has 6 heteroatoms. The number of esters is 1. The Hall–Kier alpha value is -1.69. The summed E-state index contributed by atoms with van der Waals surface area (Å²) < 4.78 is 10.00. The normalized spacial score (nSPS) is 16.1. The van der Waals surface area contributed by atoms with Crippen molar-refractivity contribution in [3.63, 3.8) is 0 Å². The first-order valence-corrected chi connectivity index (χ1v) is 6.38. The first-order chi connectivity index (χ1) is 9.20. The van der Waals surface area contributed by atoms with E-state index in [1.165, 1.54) is 7.11 Å². The summed E-state index contributed by atoms with van der Waals surface area (Å²) in [5.41, 5.74) is 1.02.